The van der Waals surface area contributed by atoms with Crippen LogP contribution in [0.4, 0.5) is 10.1 Å². The standard InChI is InChI=1S/C17H18FN3O2/c1-11(2)10-20-17(23)15-9-12(7-8-19-15)16(22)21-14-5-3-13(18)4-6-14/h3-9,11H,10H2,1-2H3,(H,20,23)(H,21,22). The number of rotatable bonds is 5. The van der Waals surface area contributed by atoms with Gasteiger partial charge in [0.05, 0.1) is 0 Å². The Morgan fingerprint density at radius 3 is 2.48 bits per heavy atom. The van der Waals surface area contributed by atoms with E-state index in [2.05, 4.69) is 15.6 Å². The topological polar surface area (TPSA) is 71.1 Å². The number of nitrogens with one attached hydrogen (secondary N) is 2. The summed E-state index contributed by atoms with van der Waals surface area (Å²) in [5.41, 5.74) is 0.954. The highest BCUT2D eigenvalue weighted by atomic mass is 19.1. The molecule has 0 unspecified atom stereocenters. The molecular weight excluding hydrogens is 297 g/mol. The third kappa shape index (κ3) is 4.88. The number of amides is 2. The molecule has 0 spiro atoms. The normalized spacial score (nSPS) is 10.4. The van der Waals surface area contributed by atoms with Crippen molar-refractivity contribution < 1.29 is 14.0 Å². The fraction of sp³-hybridized carbons (Fsp3) is 0.235. The largest absolute Gasteiger partial charge is 0.350 e. The van der Waals surface area contributed by atoms with E-state index in [0.29, 0.717) is 23.7 Å². The Kier molecular flexibility index (Phi) is 5.41. The van der Waals surface area contributed by atoms with E-state index < -0.39 is 5.91 Å². The lowest BCUT2D eigenvalue weighted by Crippen LogP contribution is -2.28. The number of carbonyl (C=O) groups is 2. The van der Waals surface area contributed by atoms with Gasteiger partial charge in [-0.2, -0.15) is 0 Å². The molecule has 6 heteroatoms. The molecule has 0 saturated heterocycles. The van der Waals surface area contributed by atoms with Gasteiger partial charge in [-0.15, -0.1) is 0 Å². The molecule has 0 aliphatic rings. The Bertz CT molecular complexity index is 699. The van der Waals surface area contributed by atoms with E-state index in [-0.39, 0.29) is 17.4 Å². The van der Waals surface area contributed by atoms with E-state index in [1.54, 1.807) is 0 Å². The van der Waals surface area contributed by atoms with Gasteiger partial charge in [-0.3, -0.25) is 14.6 Å². The van der Waals surface area contributed by atoms with Gasteiger partial charge < -0.3 is 10.6 Å². The van der Waals surface area contributed by atoms with Crippen LogP contribution in [0.2, 0.25) is 0 Å². The molecule has 1 heterocycles. The number of pyridine rings is 1. The van der Waals surface area contributed by atoms with Gasteiger partial charge in [-0.1, -0.05) is 13.8 Å². The van der Waals surface area contributed by atoms with Crippen LogP contribution in [0.3, 0.4) is 0 Å². The lowest BCUT2D eigenvalue weighted by Gasteiger charge is -2.08. The van der Waals surface area contributed by atoms with E-state index in [4.69, 9.17) is 0 Å². The Balaban J connectivity index is 2.07. The van der Waals surface area contributed by atoms with Crippen LogP contribution in [0.5, 0.6) is 0 Å². The molecule has 0 saturated carbocycles. The van der Waals surface area contributed by atoms with Crippen LogP contribution in [-0.4, -0.2) is 23.3 Å². The lowest BCUT2D eigenvalue weighted by molar-refractivity contribution is 0.0944. The van der Waals surface area contributed by atoms with Gasteiger partial charge in [0.25, 0.3) is 11.8 Å². The minimum absolute atomic E-state index is 0.178. The summed E-state index contributed by atoms with van der Waals surface area (Å²) in [6.07, 6.45) is 1.41. The van der Waals surface area contributed by atoms with Crippen molar-refractivity contribution >= 4 is 17.5 Å². The predicted molar refractivity (Wildman–Crippen MR) is 85.8 cm³/mol. The van der Waals surface area contributed by atoms with Gasteiger partial charge in [0, 0.05) is 24.0 Å². The van der Waals surface area contributed by atoms with Crippen molar-refractivity contribution in [1.82, 2.24) is 10.3 Å². The molecule has 120 valence electrons. The number of carbonyl (C=O) groups excluding carboxylic acids is 2. The molecule has 0 bridgehead atoms. The number of hydrogen-bond acceptors (Lipinski definition) is 3. The van der Waals surface area contributed by atoms with Crippen molar-refractivity contribution in [2.24, 2.45) is 5.92 Å². The SMILES string of the molecule is CC(C)CNC(=O)c1cc(C(=O)Nc2ccc(F)cc2)ccn1. The molecule has 2 aromatic rings. The van der Waals surface area contributed by atoms with Crippen LogP contribution in [0.25, 0.3) is 0 Å². The Morgan fingerprint density at radius 2 is 1.83 bits per heavy atom. The first-order valence-corrected chi connectivity index (χ1v) is 7.27. The molecule has 0 aliphatic carbocycles. The van der Waals surface area contributed by atoms with Gasteiger partial charge in [0.2, 0.25) is 0 Å². The zero-order valence-electron chi connectivity index (χ0n) is 13.0. The maximum absolute atomic E-state index is 12.9. The summed E-state index contributed by atoms with van der Waals surface area (Å²) in [5.74, 6) is -0.771. The molecule has 1 aromatic carbocycles. The first-order valence-electron chi connectivity index (χ1n) is 7.27. The number of anilines is 1. The predicted octanol–water partition coefficient (Wildman–Crippen LogP) is 2.86. The van der Waals surface area contributed by atoms with Crippen LogP contribution >= 0.6 is 0 Å². The fourth-order valence-electron chi connectivity index (χ4n) is 1.82. The molecular formula is C17H18FN3O2. The second kappa shape index (κ2) is 7.49. The molecule has 2 N–H and O–H groups in total. The highest BCUT2D eigenvalue weighted by molar-refractivity contribution is 6.05. The second-order valence-electron chi connectivity index (χ2n) is 5.49. The molecule has 0 atom stereocenters. The van der Waals surface area contributed by atoms with E-state index in [0.717, 1.165) is 0 Å². The number of hydrogen-bond donors (Lipinski definition) is 2. The monoisotopic (exact) mass is 315 g/mol. The van der Waals surface area contributed by atoms with Crippen LogP contribution in [0.15, 0.2) is 42.6 Å². The van der Waals surface area contributed by atoms with E-state index in [1.165, 1.54) is 42.6 Å². The summed E-state index contributed by atoms with van der Waals surface area (Å²) >= 11 is 0. The number of halogens is 1. The van der Waals surface area contributed by atoms with Gasteiger partial charge in [-0.25, -0.2) is 4.39 Å². The lowest BCUT2D eigenvalue weighted by atomic mass is 10.2. The summed E-state index contributed by atoms with van der Waals surface area (Å²) in [5, 5.41) is 5.38. The van der Waals surface area contributed by atoms with Crippen LogP contribution in [-0.2, 0) is 0 Å². The number of nitrogens with zero attached hydrogens (tertiary/aromatic N) is 1. The zero-order chi connectivity index (χ0) is 16.8. The number of aromatic nitrogens is 1. The molecule has 5 nitrogen and oxygen atoms in total. The minimum Gasteiger partial charge on any atom is -0.350 e. The third-order valence-electron chi connectivity index (χ3n) is 3.03. The molecule has 0 aliphatic heterocycles. The van der Waals surface area contributed by atoms with Crippen molar-refractivity contribution in [3.63, 3.8) is 0 Å². The maximum atomic E-state index is 12.9. The molecule has 0 radical (unpaired) electrons. The number of benzene rings is 1. The van der Waals surface area contributed by atoms with Crippen molar-refractivity contribution in [2.75, 3.05) is 11.9 Å². The van der Waals surface area contributed by atoms with E-state index in [1.807, 2.05) is 13.8 Å². The summed E-state index contributed by atoms with van der Waals surface area (Å²) in [7, 11) is 0. The van der Waals surface area contributed by atoms with Gasteiger partial charge >= 0.3 is 0 Å². The minimum atomic E-state index is -0.392. The van der Waals surface area contributed by atoms with Gasteiger partial charge in [-0.05, 0) is 42.3 Å². The van der Waals surface area contributed by atoms with Gasteiger partial charge in [0.1, 0.15) is 11.5 Å². The first kappa shape index (κ1) is 16.6. The average Bonchev–Trinajstić information content (AvgIpc) is 2.54. The summed E-state index contributed by atoms with van der Waals surface area (Å²) < 4.78 is 12.9. The summed E-state index contributed by atoms with van der Waals surface area (Å²) in [6.45, 7) is 4.51. The molecule has 0 fully saturated rings. The highest BCUT2D eigenvalue weighted by Crippen LogP contribution is 2.11. The van der Waals surface area contributed by atoms with Crippen LogP contribution < -0.4 is 10.6 Å². The maximum Gasteiger partial charge on any atom is 0.269 e. The van der Waals surface area contributed by atoms with Crippen molar-refractivity contribution in [3.8, 4) is 0 Å². The van der Waals surface area contributed by atoms with E-state index >= 15 is 0 Å². The average molecular weight is 315 g/mol. The van der Waals surface area contributed by atoms with Crippen LogP contribution in [0.1, 0.15) is 34.7 Å². The second-order valence-corrected chi connectivity index (χ2v) is 5.49. The van der Waals surface area contributed by atoms with E-state index in [9.17, 15) is 14.0 Å². The van der Waals surface area contributed by atoms with Crippen molar-refractivity contribution in [2.45, 2.75) is 13.8 Å². The molecule has 1 aromatic heterocycles. The van der Waals surface area contributed by atoms with Gasteiger partial charge in [0.15, 0.2) is 0 Å². The molecule has 2 rings (SSSR count). The Morgan fingerprint density at radius 1 is 1.13 bits per heavy atom. The van der Waals surface area contributed by atoms with Crippen molar-refractivity contribution in [1.29, 1.82) is 0 Å². The summed E-state index contributed by atoms with van der Waals surface area (Å²) in [4.78, 5) is 28.1. The zero-order valence-corrected chi connectivity index (χ0v) is 13.0. The van der Waals surface area contributed by atoms with Crippen LogP contribution in [0, 0.1) is 11.7 Å². The fourth-order valence-corrected chi connectivity index (χ4v) is 1.82. The quantitative estimate of drug-likeness (QED) is 0.891. The smallest absolute Gasteiger partial charge is 0.269 e. The third-order valence-corrected chi connectivity index (χ3v) is 3.03. The Labute approximate surface area is 133 Å². The van der Waals surface area contributed by atoms with Crippen molar-refractivity contribution in [3.05, 3.63) is 59.7 Å². The molecule has 2 amide bonds. The summed E-state index contributed by atoms with van der Waals surface area (Å²) in [6, 6.07) is 8.38. The Hall–Kier alpha value is -2.76. The highest BCUT2D eigenvalue weighted by Gasteiger charge is 2.12. The first-order chi connectivity index (χ1) is 11.0. The molecule has 23 heavy (non-hydrogen) atoms.